The summed E-state index contributed by atoms with van der Waals surface area (Å²) in [5.74, 6) is -1.61. The lowest BCUT2D eigenvalue weighted by Gasteiger charge is -2.38. The Kier molecular flexibility index (Phi) is 2.73. The second-order valence-electron chi connectivity index (χ2n) is 5.95. The van der Waals surface area contributed by atoms with Crippen LogP contribution in [0.15, 0.2) is 30.4 Å². The molecule has 2 amide bonds. The van der Waals surface area contributed by atoms with Crippen molar-refractivity contribution in [3.63, 3.8) is 0 Å². The third-order valence-corrected chi connectivity index (χ3v) is 5.15. The fraction of sp³-hybridized carbons (Fsp3) is 0.375. The molecule has 1 heterocycles. The first-order valence-corrected chi connectivity index (χ1v) is 7.47. The minimum Gasteiger partial charge on any atom is -0.274 e. The number of carbonyl (C=O) groups excluding carboxylic acids is 2. The molecule has 1 aromatic rings. The number of imide groups is 1. The number of halogens is 2. The molecule has 21 heavy (non-hydrogen) atoms. The van der Waals surface area contributed by atoms with Gasteiger partial charge in [-0.3, -0.25) is 9.59 Å². The van der Waals surface area contributed by atoms with Crippen molar-refractivity contribution < 1.29 is 14.0 Å². The van der Waals surface area contributed by atoms with E-state index < -0.39 is 5.82 Å². The summed E-state index contributed by atoms with van der Waals surface area (Å²) in [6.07, 6.45) is 5.95. The summed E-state index contributed by atoms with van der Waals surface area (Å²) in [4.78, 5) is 26.3. The van der Waals surface area contributed by atoms with Gasteiger partial charge in [0.05, 0.1) is 17.5 Å². The van der Waals surface area contributed by atoms with Gasteiger partial charge in [-0.1, -0.05) is 23.8 Å². The van der Waals surface area contributed by atoms with E-state index in [0.717, 1.165) is 23.8 Å². The number of hydrogen-bond acceptors (Lipinski definition) is 2. The highest BCUT2D eigenvalue weighted by Crippen LogP contribution is 2.50. The van der Waals surface area contributed by atoms with E-state index in [-0.39, 0.29) is 46.2 Å². The summed E-state index contributed by atoms with van der Waals surface area (Å²) >= 11 is 5.74. The Labute approximate surface area is 126 Å². The Hall–Kier alpha value is -1.68. The van der Waals surface area contributed by atoms with E-state index in [0.29, 0.717) is 0 Å². The highest BCUT2D eigenvalue weighted by Gasteiger charge is 2.57. The van der Waals surface area contributed by atoms with Crippen LogP contribution < -0.4 is 4.90 Å². The molecule has 1 aliphatic heterocycles. The lowest BCUT2D eigenvalue weighted by Crippen LogP contribution is -2.38. The topological polar surface area (TPSA) is 37.4 Å². The van der Waals surface area contributed by atoms with Crippen molar-refractivity contribution in [3.05, 3.63) is 41.2 Å². The quantitative estimate of drug-likeness (QED) is 0.590. The molecule has 3 nitrogen and oxygen atoms in total. The number of nitrogens with zero attached hydrogens (tertiary/aromatic N) is 1. The Bertz CT molecular complexity index is 655. The fourth-order valence-corrected chi connectivity index (χ4v) is 4.13. The molecule has 0 N–H and O–H groups in total. The van der Waals surface area contributed by atoms with Crippen LogP contribution in [0.4, 0.5) is 10.1 Å². The summed E-state index contributed by atoms with van der Waals surface area (Å²) in [6.45, 7) is 0. The van der Waals surface area contributed by atoms with Crippen LogP contribution in [0.3, 0.4) is 0 Å². The minimum atomic E-state index is -0.636. The van der Waals surface area contributed by atoms with E-state index in [1.807, 2.05) is 12.2 Å². The number of hydrogen-bond donors (Lipinski definition) is 0. The summed E-state index contributed by atoms with van der Waals surface area (Å²) in [6, 6.07) is 4.03. The van der Waals surface area contributed by atoms with Crippen LogP contribution in [0.2, 0.25) is 5.02 Å². The smallest absolute Gasteiger partial charge is 0.238 e. The van der Waals surface area contributed by atoms with Gasteiger partial charge in [0.1, 0.15) is 5.82 Å². The van der Waals surface area contributed by atoms with Gasteiger partial charge in [0.15, 0.2) is 0 Å². The van der Waals surface area contributed by atoms with Crippen molar-refractivity contribution in [2.24, 2.45) is 23.7 Å². The maximum Gasteiger partial charge on any atom is 0.238 e. The molecule has 0 radical (unpaired) electrons. The van der Waals surface area contributed by atoms with E-state index in [1.165, 1.54) is 12.1 Å². The lowest BCUT2D eigenvalue weighted by atomic mass is 9.63. The molecule has 5 rings (SSSR count). The van der Waals surface area contributed by atoms with Crippen molar-refractivity contribution in [1.29, 1.82) is 0 Å². The third kappa shape index (κ3) is 1.72. The van der Waals surface area contributed by atoms with Gasteiger partial charge in [0.25, 0.3) is 0 Å². The van der Waals surface area contributed by atoms with E-state index in [4.69, 9.17) is 11.6 Å². The molecule has 0 aromatic heterocycles. The van der Waals surface area contributed by atoms with Gasteiger partial charge < -0.3 is 0 Å². The molecule has 1 saturated carbocycles. The third-order valence-electron chi connectivity index (χ3n) is 4.91. The van der Waals surface area contributed by atoms with Gasteiger partial charge in [-0.05, 0) is 42.9 Å². The van der Waals surface area contributed by atoms with Crippen LogP contribution in [0, 0.1) is 29.5 Å². The normalized spacial score (nSPS) is 33.7. The van der Waals surface area contributed by atoms with Gasteiger partial charge >= 0.3 is 0 Å². The summed E-state index contributed by atoms with van der Waals surface area (Å²) in [5, 5.41) is 0.245. The molecule has 3 aliphatic carbocycles. The van der Waals surface area contributed by atoms with Crippen molar-refractivity contribution in [2.75, 3.05) is 4.90 Å². The van der Waals surface area contributed by atoms with Gasteiger partial charge in [0, 0.05) is 5.02 Å². The van der Waals surface area contributed by atoms with Crippen LogP contribution in [0.1, 0.15) is 12.8 Å². The van der Waals surface area contributed by atoms with E-state index in [9.17, 15) is 14.0 Å². The molecular weight excluding hydrogens is 293 g/mol. The predicted octanol–water partition coefficient (Wildman–Crippen LogP) is 3.18. The Morgan fingerprint density at radius 3 is 2.10 bits per heavy atom. The van der Waals surface area contributed by atoms with E-state index >= 15 is 0 Å². The zero-order chi connectivity index (χ0) is 14.7. The minimum absolute atomic E-state index is 0.0169. The first kappa shape index (κ1) is 13.0. The maximum atomic E-state index is 14.1. The molecule has 4 aliphatic rings. The fourth-order valence-electron chi connectivity index (χ4n) is 3.97. The number of carbonyl (C=O) groups is 2. The second-order valence-corrected chi connectivity index (χ2v) is 6.39. The first-order chi connectivity index (χ1) is 10.1. The first-order valence-electron chi connectivity index (χ1n) is 7.09. The molecule has 2 bridgehead atoms. The Balaban J connectivity index is 1.78. The van der Waals surface area contributed by atoms with E-state index in [1.54, 1.807) is 0 Å². The predicted molar refractivity (Wildman–Crippen MR) is 76.2 cm³/mol. The summed E-state index contributed by atoms with van der Waals surface area (Å²) in [5.41, 5.74) is 0.0169. The Morgan fingerprint density at radius 2 is 1.62 bits per heavy atom. The Morgan fingerprint density at radius 1 is 1.05 bits per heavy atom. The van der Waals surface area contributed by atoms with Crippen LogP contribution in [0.25, 0.3) is 0 Å². The molecule has 4 atom stereocenters. The number of benzene rings is 1. The van der Waals surface area contributed by atoms with Crippen molar-refractivity contribution in [1.82, 2.24) is 0 Å². The SMILES string of the molecule is O=C1[C@H]2[C@H](C(=O)N1c1ccc(Cl)cc1F)[C@@H]1C=C[C@@H]2CC1. The number of rotatable bonds is 1. The van der Waals surface area contributed by atoms with Gasteiger partial charge in [-0.25, -0.2) is 9.29 Å². The largest absolute Gasteiger partial charge is 0.274 e. The number of amides is 2. The number of allylic oxidation sites excluding steroid dienone is 2. The zero-order valence-corrected chi connectivity index (χ0v) is 11.9. The average Bonchev–Trinajstić information content (AvgIpc) is 2.75. The lowest BCUT2D eigenvalue weighted by molar-refractivity contribution is -0.124. The van der Waals surface area contributed by atoms with Crippen molar-refractivity contribution in [2.45, 2.75) is 12.8 Å². The highest BCUT2D eigenvalue weighted by molar-refractivity contribution is 6.31. The van der Waals surface area contributed by atoms with Gasteiger partial charge in [-0.2, -0.15) is 0 Å². The summed E-state index contributed by atoms with van der Waals surface area (Å²) in [7, 11) is 0. The molecule has 5 heteroatoms. The molecule has 1 aromatic carbocycles. The molecule has 0 unspecified atom stereocenters. The number of fused-ring (bicyclic) bond motifs is 1. The molecule has 0 spiro atoms. The van der Waals surface area contributed by atoms with Crippen LogP contribution in [-0.4, -0.2) is 11.8 Å². The molecule has 2 fully saturated rings. The second kappa shape index (κ2) is 4.41. The van der Waals surface area contributed by atoms with E-state index in [2.05, 4.69) is 0 Å². The highest BCUT2D eigenvalue weighted by atomic mass is 35.5. The standard InChI is InChI=1S/C16H13ClFNO2/c17-10-5-6-12(11(18)7-10)19-15(20)13-8-1-2-9(4-3-8)14(13)16(19)21/h1-2,5-9,13-14H,3-4H2/t8-,9-,13-,14-/m1/s1. The summed E-state index contributed by atoms with van der Waals surface area (Å²) < 4.78 is 14.1. The van der Waals surface area contributed by atoms with Gasteiger partial charge in [0.2, 0.25) is 11.8 Å². The van der Waals surface area contributed by atoms with Crippen LogP contribution >= 0.6 is 11.6 Å². The molecule has 1 saturated heterocycles. The number of anilines is 1. The van der Waals surface area contributed by atoms with Gasteiger partial charge in [-0.15, -0.1) is 0 Å². The molecule has 108 valence electrons. The maximum absolute atomic E-state index is 14.1. The van der Waals surface area contributed by atoms with Crippen LogP contribution in [0.5, 0.6) is 0 Å². The molecular formula is C16H13ClFNO2. The monoisotopic (exact) mass is 305 g/mol. The van der Waals surface area contributed by atoms with Crippen molar-refractivity contribution in [3.8, 4) is 0 Å². The van der Waals surface area contributed by atoms with Crippen molar-refractivity contribution >= 4 is 29.1 Å². The van der Waals surface area contributed by atoms with Crippen LogP contribution in [-0.2, 0) is 9.59 Å². The zero-order valence-electron chi connectivity index (χ0n) is 11.1. The average molecular weight is 306 g/mol.